The average molecular weight is 251 g/mol. The van der Waals surface area contributed by atoms with Gasteiger partial charge in [0.2, 0.25) is 5.82 Å². The number of nitro groups is 1. The van der Waals surface area contributed by atoms with Crippen LogP contribution >= 0.6 is 0 Å². The van der Waals surface area contributed by atoms with Gasteiger partial charge < -0.3 is 10.1 Å². The average Bonchev–Trinajstić information content (AvgIpc) is 3.04. The normalized spacial score (nSPS) is 21.2. The Kier molecular flexibility index (Phi) is 3.14. The minimum absolute atomic E-state index is 0.0681. The number of rotatable bonds is 4. The highest BCUT2D eigenvalue weighted by atomic mass is 16.6. The summed E-state index contributed by atoms with van der Waals surface area (Å²) < 4.78 is 4.50. The van der Waals surface area contributed by atoms with Gasteiger partial charge in [-0.1, -0.05) is 6.92 Å². The summed E-state index contributed by atoms with van der Waals surface area (Å²) in [7, 11) is 1.21. The fraction of sp³-hybridized carbons (Fsp3) is 0.455. The molecule has 1 aliphatic carbocycles. The number of nitrogens with one attached hydrogen (secondary N) is 1. The fourth-order valence-electron chi connectivity index (χ4n) is 1.63. The van der Waals surface area contributed by atoms with Crippen LogP contribution in [0.3, 0.4) is 0 Å². The SMILES string of the molecule is COC(=O)c1cnc(NC2CC2C)c([N+](=O)[O-])c1. The van der Waals surface area contributed by atoms with Gasteiger partial charge in [-0.2, -0.15) is 0 Å². The smallest absolute Gasteiger partial charge is 0.339 e. The third kappa shape index (κ3) is 2.39. The highest BCUT2D eigenvalue weighted by molar-refractivity contribution is 5.90. The highest BCUT2D eigenvalue weighted by Gasteiger charge is 2.34. The number of hydrogen-bond acceptors (Lipinski definition) is 6. The van der Waals surface area contributed by atoms with Gasteiger partial charge in [0.25, 0.3) is 0 Å². The van der Waals surface area contributed by atoms with Gasteiger partial charge in [-0.15, -0.1) is 0 Å². The molecule has 2 unspecified atom stereocenters. The van der Waals surface area contributed by atoms with E-state index in [2.05, 4.69) is 15.0 Å². The summed E-state index contributed by atoms with van der Waals surface area (Å²) in [6.07, 6.45) is 2.24. The number of pyridine rings is 1. The van der Waals surface area contributed by atoms with E-state index in [-0.39, 0.29) is 23.1 Å². The van der Waals surface area contributed by atoms with E-state index in [0.29, 0.717) is 5.92 Å². The van der Waals surface area contributed by atoms with Gasteiger partial charge in [0.1, 0.15) is 0 Å². The van der Waals surface area contributed by atoms with Gasteiger partial charge in [-0.05, 0) is 12.3 Å². The molecule has 1 heterocycles. The Morgan fingerprint density at radius 2 is 2.33 bits per heavy atom. The van der Waals surface area contributed by atoms with Crippen molar-refractivity contribution < 1.29 is 14.5 Å². The van der Waals surface area contributed by atoms with Crippen LogP contribution in [0.1, 0.15) is 23.7 Å². The van der Waals surface area contributed by atoms with Crippen molar-refractivity contribution in [3.8, 4) is 0 Å². The molecule has 0 saturated heterocycles. The number of anilines is 1. The zero-order chi connectivity index (χ0) is 13.3. The van der Waals surface area contributed by atoms with Gasteiger partial charge >= 0.3 is 11.7 Å². The maximum absolute atomic E-state index is 11.3. The number of esters is 1. The zero-order valence-corrected chi connectivity index (χ0v) is 10.0. The minimum atomic E-state index is -0.642. The third-order valence-electron chi connectivity index (χ3n) is 2.92. The number of carbonyl (C=O) groups excluding carboxylic acids is 1. The van der Waals surface area contributed by atoms with Crippen molar-refractivity contribution in [1.29, 1.82) is 0 Å². The van der Waals surface area contributed by atoms with Crippen LogP contribution in [-0.4, -0.2) is 29.0 Å². The molecule has 96 valence electrons. The largest absolute Gasteiger partial charge is 0.465 e. The molecule has 7 heteroatoms. The van der Waals surface area contributed by atoms with Crippen LogP contribution in [0.25, 0.3) is 0 Å². The highest BCUT2D eigenvalue weighted by Crippen LogP contribution is 2.34. The second-order valence-corrected chi connectivity index (χ2v) is 4.30. The molecule has 1 aromatic rings. The lowest BCUT2D eigenvalue weighted by Gasteiger charge is -2.06. The topological polar surface area (TPSA) is 94.4 Å². The molecule has 0 bridgehead atoms. The summed E-state index contributed by atoms with van der Waals surface area (Å²) in [6, 6.07) is 1.40. The van der Waals surface area contributed by atoms with Gasteiger partial charge in [-0.25, -0.2) is 9.78 Å². The van der Waals surface area contributed by atoms with Crippen LogP contribution in [0.15, 0.2) is 12.3 Å². The lowest BCUT2D eigenvalue weighted by molar-refractivity contribution is -0.384. The molecule has 1 aromatic heterocycles. The second-order valence-electron chi connectivity index (χ2n) is 4.30. The van der Waals surface area contributed by atoms with Crippen LogP contribution in [0.5, 0.6) is 0 Å². The van der Waals surface area contributed by atoms with Crippen molar-refractivity contribution >= 4 is 17.5 Å². The molecular weight excluding hydrogens is 238 g/mol. The van der Waals surface area contributed by atoms with Crippen molar-refractivity contribution in [3.05, 3.63) is 27.9 Å². The summed E-state index contributed by atoms with van der Waals surface area (Å²) in [6.45, 7) is 2.05. The van der Waals surface area contributed by atoms with Crippen molar-refractivity contribution in [2.75, 3.05) is 12.4 Å². The van der Waals surface area contributed by atoms with Gasteiger partial charge in [0.05, 0.1) is 17.6 Å². The molecular formula is C11H13N3O4. The van der Waals surface area contributed by atoms with E-state index < -0.39 is 10.9 Å². The van der Waals surface area contributed by atoms with Gasteiger partial charge in [0, 0.05) is 18.3 Å². The van der Waals surface area contributed by atoms with E-state index >= 15 is 0 Å². The molecule has 1 fully saturated rings. The summed E-state index contributed by atoms with van der Waals surface area (Å²) >= 11 is 0. The number of hydrogen-bond donors (Lipinski definition) is 1. The lowest BCUT2D eigenvalue weighted by atomic mass is 10.2. The van der Waals surface area contributed by atoms with Gasteiger partial charge in [-0.3, -0.25) is 10.1 Å². The van der Waals surface area contributed by atoms with Gasteiger partial charge in [0.15, 0.2) is 0 Å². The van der Waals surface area contributed by atoms with E-state index in [4.69, 9.17) is 0 Å². The first-order chi connectivity index (χ1) is 8.52. The minimum Gasteiger partial charge on any atom is -0.465 e. The van der Waals surface area contributed by atoms with Crippen LogP contribution in [0.4, 0.5) is 11.5 Å². The molecule has 0 amide bonds. The predicted molar refractivity (Wildman–Crippen MR) is 63.4 cm³/mol. The maximum atomic E-state index is 11.3. The molecule has 2 atom stereocenters. The molecule has 0 radical (unpaired) electrons. The Labute approximate surface area is 103 Å². The summed E-state index contributed by atoms with van der Waals surface area (Å²) in [5.74, 6) is 0.0469. The number of nitrogens with zero attached hydrogens (tertiary/aromatic N) is 2. The number of carbonyl (C=O) groups is 1. The summed E-state index contributed by atoms with van der Waals surface area (Å²) in [5.41, 5.74) is -0.143. The maximum Gasteiger partial charge on any atom is 0.339 e. The van der Waals surface area contributed by atoms with E-state index in [1.807, 2.05) is 6.92 Å². The zero-order valence-electron chi connectivity index (χ0n) is 10.0. The Morgan fingerprint density at radius 3 is 2.83 bits per heavy atom. The van der Waals surface area contributed by atoms with Crippen molar-refractivity contribution in [2.45, 2.75) is 19.4 Å². The first-order valence-electron chi connectivity index (χ1n) is 5.52. The first-order valence-corrected chi connectivity index (χ1v) is 5.52. The number of methoxy groups -OCH3 is 1. The molecule has 2 rings (SSSR count). The molecule has 1 saturated carbocycles. The third-order valence-corrected chi connectivity index (χ3v) is 2.92. The summed E-state index contributed by atoms with van der Waals surface area (Å²) in [5, 5.41) is 13.9. The van der Waals surface area contributed by atoms with Crippen LogP contribution in [0.2, 0.25) is 0 Å². The second kappa shape index (κ2) is 4.59. The summed E-state index contributed by atoms with van der Waals surface area (Å²) in [4.78, 5) is 25.6. The number of aromatic nitrogens is 1. The van der Waals surface area contributed by atoms with Crippen LogP contribution in [-0.2, 0) is 4.74 Å². The fourth-order valence-corrected chi connectivity index (χ4v) is 1.63. The molecule has 0 spiro atoms. The lowest BCUT2D eigenvalue weighted by Crippen LogP contribution is -2.10. The van der Waals surface area contributed by atoms with Crippen molar-refractivity contribution in [1.82, 2.24) is 4.98 Å². The standard InChI is InChI=1S/C11H13N3O4/c1-6-3-8(6)13-10-9(14(16)17)4-7(5-12-10)11(15)18-2/h4-6,8H,3H2,1-2H3,(H,12,13). The molecule has 7 nitrogen and oxygen atoms in total. The molecule has 1 N–H and O–H groups in total. The monoisotopic (exact) mass is 251 g/mol. The van der Waals surface area contributed by atoms with E-state index in [9.17, 15) is 14.9 Å². The van der Waals surface area contributed by atoms with Crippen molar-refractivity contribution in [2.24, 2.45) is 5.92 Å². The van der Waals surface area contributed by atoms with Crippen molar-refractivity contribution in [3.63, 3.8) is 0 Å². The molecule has 1 aliphatic rings. The molecule has 0 aliphatic heterocycles. The Balaban J connectivity index is 2.29. The predicted octanol–water partition coefficient (Wildman–Crippen LogP) is 1.60. The van der Waals surface area contributed by atoms with Crippen LogP contribution in [0, 0.1) is 16.0 Å². The molecule has 18 heavy (non-hydrogen) atoms. The Morgan fingerprint density at radius 1 is 1.67 bits per heavy atom. The van der Waals surface area contributed by atoms with E-state index in [1.165, 1.54) is 19.4 Å². The van der Waals surface area contributed by atoms with Crippen LogP contribution < -0.4 is 5.32 Å². The molecule has 0 aromatic carbocycles. The Bertz CT molecular complexity index is 503. The first kappa shape index (κ1) is 12.3. The Hall–Kier alpha value is -2.18. The quantitative estimate of drug-likeness (QED) is 0.496. The van der Waals surface area contributed by atoms with E-state index in [1.54, 1.807) is 0 Å². The van der Waals surface area contributed by atoms with E-state index in [0.717, 1.165) is 6.42 Å². The number of ether oxygens (including phenoxy) is 1.